The summed E-state index contributed by atoms with van der Waals surface area (Å²) in [7, 11) is 3.88. The van der Waals surface area contributed by atoms with E-state index in [0.29, 0.717) is 23.4 Å². The predicted octanol–water partition coefficient (Wildman–Crippen LogP) is 1.22. The Balaban J connectivity index is 1.72. The average Bonchev–Trinajstić information content (AvgIpc) is 2.70. The van der Waals surface area contributed by atoms with Crippen LogP contribution in [0.25, 0.3) is 11.0 Å². The van der Waals surface area contributed by atoms with Crippen molar-refractivity contribution in [2.45, 2.75) is 25.5 Å². The van der Waals surface area contributed by atoms with Crippen molar-refractivity contribution in [2.24, 2.45) is 13.0 Å². The molecule has 2 heterocycles. The van der Waals surface area contributed by atoms with Crippen LogP contribution >= 0.6 is 11.6 Å². The number of hydrogen-bond donors (Lipinski definition) is 1. The molecule has 0 atom stereocenters. The number of aromatic nitrogens is 4. The van der Waals surface area contributed by atoms with Crippen LogP contribution in [0.15, 0.2) is 6.20 Å². The highest BCUT2D eigenvalue weighted by Gasteiger charge is 2.28. The summed E-state index contributed by atoms with van der Waals surface area (Å²) in [5.41, 5.74) is 0.757. The van der Waals surface area contributed by atoms with Crippen LogP contribution in [0.3, 0.4) is 0 Å². The molecule has 108 valence electrons. The first kappa shape index (κ1) is 13.7. The summed E-state index contributed by atoms with van der Waals surface area (Å²) in [5.74, 6) is 1.28. The van der Waals surface area contributed by atoms with E-state index in [1.165, 1.54) is 0 Å². The van der Waals surface area contributed by atoms with E-state index in [1.807, 2.05) is 14.1 Å². The SMILES string of the molecule is CN(Cc1nc(Cl)c2cnn(C)c2n1)CC1CC(O)C1. The third-order valence-electron chi connectivity index (χ3n) is 3.78. The maximum Gasteiger partial charge on any atom is 0.162 e. The fourth-order valence-electron chi connectivity index (χ4n) is 2.70. The number of hydrogen-bond acceptors (Lipinski definition) is 5. The van der Waals surface area contributed by atoms with Crippen molar-refractivity contribution < 1.29 is 5.11 Å². The van der Waals surface area contributed by atoms with Gasteiger partial charge in [-0.1, -0.05) is 11.6 Å². The van der Waals surface area contributed by atoms with Gasteiger partial charge in [0.15, 0.2) is 5.65 Å². The van der Waals surface area contributed by atoms with Gasteiger partial charge in [0, 0.05) is 13.6 Å². The number of rotatable bonds is 4. The van der Waals surface area contributed by atoms with Crippen molar-refractivity contribution in [3.63, 3.8) is 0 Å². The topological polar surface area (TPSA) is 67.1 Å². The standard InChI is InChI=1S/C13H18ClN5O/c1-18(6-8-3-9(20)4-8)7-11-16-12(14)10-5-15-19(2)13(10)17-11/h5,8-9,20H,3-4,6-7H2,1-2H3. The first-order valence-electron chi connectivity index (χ1n) is 6.73. The van der Waals surface area contributed by atoms with E-state index in [4.69, 9.17) is 11.6 Å². The van der Waals surface area contributed by atoms with Crippen molar-refractivity contribution in [1.82, 2.24) is 24.6 Å². The number of aliphatic hydroxyl groups is 1. The van der Waals surface area contributed by atoms with Crippen LogP contribution in [0.1, 0.15) is 18.7 Å². The van der Waals surface area contributed by atoms with Gasteiger partial charge in [0.05, 0.1) is 24.2 Å². The molecular formula is C13H18ClN5O. The predicted molar refractivity (Wildman–Crippen MR) is 76.4 cm³/mol. The van der Waals surface area contributed by atoms with Crippen LogP contribution in [-0.4, -0.2) is 49.5 Å². The zero-order valence-corrected chi connectivity index (χ0v) is 12.4. The Kier molecular flexibility index (Phi) is 3.62. The molecular weight excluding hydrogens is 278 g/mol. The highest BCUT2D eigenvalue weighted by molar-refractivity contribution is 6.33. The highest BCUT2D eigenvalue weighted by Crippen LogP contribution is 2.28. The molecule has 1 saturated carbocycles. The fraction of sp³-hybridized carbons (Fsp3) is 0.615. The Labute approximate surface area is 122 Å². The van der Waals surface area contributed by atoms with Gasteiger partial charge in [0.1, 0.15) is 11.0 Å². The molecule has 0 amide bonds. The smallest absolute Gasteiger partial charge is 0.162 e. The van der Waals surface area contributed by atoms with Crippen LogP contribution < -0.4 is 0 Å². The van der Waals surface area contributed by atoms with Crippen LogP contribution in [0, 0.1) is 5.92 Å². The Hall–Kier alpha value is -1.24. The van der Waals surface area contributed by atoms with E-state index in [1.54, 1.807) is 10.9 Å². The minimum Gasteiger partial charge on any atom is -0.393 e. The zero-order valence-electron chi connectivity index (χ0n) is 11.6. The van der Waals surface area contributed by atoms with Gasteiger partial charge < -0.3 is 5.11 Å². The summed E-state index contributed by atoms with van der Waals surface area (Å²) in [6.45, 7) is 1.59. The largest absolute Gasteiger partial charge is 0.393 e. The van der Waals surface area contributed by atoms with Gasteiger partial charge in [-0.05, 0) is 25.8 Å². The number of aliphatic hydroxyl groups excluding tert-OH is 1. The summed E-state index contributed by atoms with van der Waals surface area (Å²) in [6.07, 6.45) is 3.37. The summed E-state index contributed by atoms with van der Waals surface area (Å²) in [6, 6.07) is 0. The van der Waals surface area contributed by atoms with Gasteiger partial charge in [0.2, 0.25) is 0 Å². The fourth-order valence-corrected chi connectivity index (χ4v) is 2.93. The summed E-state index contributed by atoms with van der Waals surface area (Å²) >= 11 is 6.17. The van der Waals surface area contributed by atoms with E-state index in [2.05, 4.69) is 20.0 Å². The maximum atomic E-state index is 9.31. The number of halogens is 1. The van der Waals surface area contributed by atoms with Gasteiger partial charge >= 0.3 is 0 Å². The second-order valence-electron chi connectivity index (χ2n) is 5.62. The molecule has 1 N–H and O–H groups in total. The molecule has 7 heteroatoms. The van der Waals surface area contributed by atoms with Gasteiger partial charge in [-0.3, -0.25) is 9.58 Å². The lowest BCUT2D eigenvalue weighted by molar-refractivity contribution is 0.0271. The van der Waals surface area contributed by atoms with E-state index in [9.17, 15) is 5.11 Å². The Morgan fingerprint density at radius 1 is 1.45 bits per heavy atom. The molecule has 2 aromatic rings. The van der Waals surface area contributed by atoms with Gasteiger partial charge in [-0.25, -0.2) is 9.97 Å². The maximum absolute atomic E-state index is 9.31. The van der Waals surface area contributed by atoms with E-state index in [-0.39, 0.29) is 6.10 Å². The van der Waals surface area contributed by atoms with E-state index in [0.717, 1.165) is 30.4 Å². The lowest BCUT2D eigenvalue weighted by Gasteiger charge is -2.34. The van der Waals surface area contributed by atoms with Gasteiger partial charge in [0.25, 0.3) is 0 Å². The van der Waals surface area contributed by atoms with Crippen molar-refractivity contribution >= 4 is 22.6 Å². The van der Waals surface area contributed by atoms with Crippen LogP contribution in [-0.2, 0) is 13.6 Å². The summed E-state index contributed by atoms with van der Waals surface area (Å²) in [5, 5.41) is 14.7. The molecule has 1 aliphatic rings. The molecule has 3 rings (SSSR count). The van der Waals surface area contributed by atoms with Crippen molar-refractivity contribution in [3.8, 4) is 0 Å². The minimum atomic E-state index is -0.107. The normalized spacial score (nSPS) is 22.4. The molecule has 0 radical (unpaired) electrons. The molecule has 0 aromatic carbocycles. The Morgan fingerprint density at radius 2 is 2.20 bits per heavy atom. The first-order chi connectivity index (χ1) is 9.52. The lowest BCUT2D eigenvalue weighted by atomic mass is 9.82. The molecule has 1 aliphatic carbocycles. The second kappa shape index (κ2) is 5.27. The molecule has 0 aliphatic heterocycles. The summed E-state index contributed by atoms with van der Waals surface area (Å²) in [4.78, 5) is 11.0. The number of nitrogens with zero attached hydrogens (tertiary/aromatic N) is 5. The third kappa shape index (κ3) is 2.63. The molecule has 20 heavy (non-hydrogen) atoms. The lowest BCUT2D eigenvalue weighted by Crippen LogP contribution is -2.37. The van der Waals surface area contributed by atoms with E-state index < -0.39 is 0 Å². The minimum absolute atomic E-state index is 0.107. The van der Waals surface area contributed by atoms with Crippen molar-refractivity contribution in [2.75, 3.05) is 13.6 Å². The van der Waals surface area contributed by atoms with Crippen LogP contribution in [0.5, 0.6) is 0 Å². The van der Waals surface area contributed by atoms with Crippen LogP contribution in [0.4, 0.5) is 0 Å². The molecule has 0 bridgehead atoms. The van der Waals surface area contributed by atoms with Gasteiger partial charge in [-0.2, -0.15) is 5.10 Å². The quantitative estimate of drug-likeness (QED) is 0.859. The van der Waals surface area contributed by atoms with E-state index >= 15 is 0 Å². The summed E-state index contributed by atoms with van der Waals surface area (Å²) < 4.78 is 1.70. The molecule has 0 saturated heterocycles. The van der Waals surface area contributed by atoms with Gasteiger partial charge in [-0.15, -0.1) is 0 Å². The molecule has 2 aromatic heterocycles. The first-order valence-corrected chi connectivity index (χ1v) is 7.11. The Morgan fingerprint density at radius 3 is 2.90 bits per heavy atom. The Bertz CT molecular complexity index is 622. The molecule has 0 spiro atoms. The second-order valence-corrected chi connectivity index (χ2v) is 5.98. The third-order valence-corrected chi connectivity index (χ3v) is 4.07. The van der Waals surface area contributed by atoms with Crippen molar-refractivity contribution in [3.05, 3.63) is 17.2 Å². The molecule has 1 fully saturated rings. The molecule has 0 unspecified atom stereocenters. The monoisotopic (exact) mass is 295 g/mol. The van der Waals surface area contributed by atoms with Crippen LogP contribution in [0.2, 0.25) is 5.15 Å². The number of aryl methyl sites for hydroxylation is 1. The zero-order chi connectivity index (χ0) is 14.3. The molecule has 6 nitrogen and oxygen atoms in total. The number of fused-ring (bicyclic) bond motifs is 1. The van der Waals surface area contributed by atoms with Crippen molar-refractivity contribution in [1.29, 1.82) is 0 Å². The average molecular weight is 296 g/mol. The highest BCUT2D eigenvalue weighted by atomic mass is 35.5.